The number of hydrogen-bond acceptors (Lipinski definition) is 1. The minimum absolute atomic E-state index is 0.126. The summed E-state index contributed by atoms with van der Waals surface area (Å²) >= 11 is 0. The van der Waals surface area contributed by atoms with Gasteiger partial charge in [-0.15, -0.1) is 0 Å². The smallest absolute Gasteiger partial charge is 0.168 e. The second-order valence-electron chi connectivity index (χ2n) is 7.05. The lowest BCUT2D eigenvalue weighted by atomic mass is 9.66. The predicted molar refractivity (Wildman–Crippen MR) is 87.7 cm³/mol. The molecule has 0 aliphatic heterocycles. The van der Waals surface area contributed by atoms with Gasteiger partial charge in [-0.3, -0.25) is 4.79 Å². The van der Waals surface area contributed by atoms with Crippen molar-refractivity contribution in [2.24, 2.45) is 11.3 Å². The minimum atomic E-state index is 0.126. The molecule has 1 saturated carbocycles. The zero-order valence-corrected chi connectivity index (χ0v) is 13.3. The maximum Gasteiger partial charge on any atom is 0.168 e. The van der Waals surface area contributed by atoms with Gasteiger partial charge in [0.25, 0.3) is 0 Å². The summed E-state index contributed by atoms with van der Waals surface area (Å²) in [5, 5.41) is 1.10. The fraction of sp³-hybridized carbons (Fsp3) is 0.526. The maximum absolute atomic E-state index is 13.1. The number of aromatic nitrogens is 1. The second-order valence-corrected chi connectivity index (χ2v) is 7.05. The van der Waals surface area contributed by atoms with Crippen LogP contribution >= 0.6 is 0 Å². The molecule has 2 nitrogen and oxygen atoms in total. The van der Waals surface area contributed by atoms with Crippen molar-refractivity contribution in [3.63, 3.8) is 0 Å². The van der Waals surface area contributed by atoms with Crippen molar-refractivity contribution >= 4 is 16.7 Å². The van der Waals surface area contributed by atoms with E-state index < -0.39 is 0 Å². The van der Waals surface area contributed by atoms with Crippen molar-refractivity contribution < 1.29 is 4.79 Å². The van der Waals surface area contributed by atoms with Crippen LogP contribution in [0, 0.1) is 11.3 Å². The van der Waals surface area contributed by atoms with Crippen LogP contribution in [0.2, 0.25) is 0 Å². The van der Waals surface area contributed by atoms with Gasteiger partial charge in [-0.2, -0.15) is 0 Å². The molecule has 2 heteroatoms. The van der Waals surface area contributed by atoms with E-state index in [4.69, 9.17) is 0 Å². The van der Waals surface area contributed by atoms with Crippen molar-refractivity contribution in [3.05, 3.63) is 35.5 Å². The summed E-state index contributed by atoms with van der Waals surface area (Å²) in [4.78, 5) is 16.4. The number of para-hydroxylation sites is 1. The van der Waals surface area contributed by atoms with Crippen LogP contribution in [0.15, 0.2) is 24.4 Å². The lowest BCUT2D eigenvalue weighted by molar-refractivity contribution is 0.0699. The molecular formula is C19H25NO. The molecule has 112 valence electrons. The van der Waals surface area contributed by atoms with Crippen molar-refractivity contribution in [2.75, 3.05) is 0 Å². The molecule has 2 aromatic rings. The number of ketones is 1. The summed E-state index contributed by atoms with van der Waals surface area (Å²) in [6.07, 6.45) is 7.54. The SMILES string of the molecule is CCc1cccc2c(C(=O)C3CCCCC3(C)C)c[nH]c12. The number of aryl methyl sites for hydroxylation is 1. The average Bonchev–Trinajstić information content (AvgIpc) is 2.90. The number of H-pyrrole nitrogens is 1. The number of rotatable bonds is 3. The Hall–Kier alpha value is -1.57. The van der Waals surface area contributed by atoms with E-state index in [-0.39, 0.29) is 11.3 Å². The predicted octanol–water partition coefficient (Wildman–Crippen LogP) is 5.13. The standard InChI is InChI=1S/C19H25NO/c1-4-13-8-7-9-14-15(12-20-17(13)14)18(21)16-10-5-6-11-19(16,2)3/h7-9,12,16,20H,4-6,10-11H2,1-3H3. The quantitative estimate of drug-likeness (QED) is 0.778. The van der Waals surface area contributed by atoms with E-state index in [1.165, 1.54) is 18.4 Å². The first-order valence-electron chi connectivity index (χ1n) is 8.18. The molecule has 21 heavy (non-hydrogen) atoms. The van der Waals surface area contributed by atoms with E-state index in [0.29, 0.717) is 5.78 Å². The molecule has 1 aliphatic carbocycles. The molecule has 3 rings (SSSR count). The van der Waals surface area contributed by atoms with Gasteiger partial charge in [0.2, 0.25) is 0 Å². The fourth-order valence-electron chi connectivity index (χ4n) is 3.88. The van der Waals surface area contributed by atoms with E-state index in [0.717, 1.165) is 35.7 Å². The van der Waals surface area contributed by atoms with Gasteiger partial charge in [0, 0.05) is 28.6 Å². The number of Topliss-reactive ketones (excluding diaryl/α,β-unsaturated/α-hetero) is 1. The fourth-order valence-corrected chi connectivity index (χ4v) is 3.88. The van der Waals surface area contributed by atoms with Crippen molar-refractivity contribution in [2.45, 2.75) is 52.9 Å². The number of benzene rings is 1. The van der Waals surface area contributed by atoms with Crippen molar-refractivity contribution in [3.8, 4) is 0 Å². The molecule has 1 aromatic carbocycles. The van der Waals surface area contributed by atoms with Gasteiger partial charge in [-0.1, -0.05) is 51.8 Å². The van der Waals surface area contributed by atoms with Gasteiger partial charge in [0.15, 0.2) is 5.78 Å². The minimum Gasteiger partial charge on any atom is -0.360 e. The van der Waals surface area contributed by atoms with Crippen LogP contribution in [0.1, 0.15) is 62.4 Å². The van der Waals surface area contributed by atoms with Crippen LogP contribution in [0.3, 0.4) is 0 Å². The lowest BCUT2D eigenvalue weighted by Crippen LogP contribution is -2.34. The highest BCUT2D eigenvalue weighted by atomic mass is 16.1. The Bertz CT molecular complexity index is 665. The monoisotopic (exact) mass is 283 g/mol. The highest BCUT2D eigenvalue weighted by Gasteiger charge is 2.38. The zero-order chi connectivity index (χ0) is 15.0. The number of hydrogen-bond donors (Lipinski definition) is 1. The molecule has 1 aliphatic rings. The van der Waals surface area contributed by atoms with Gasteiger partial charge < -0.3 is 4.98 Å². The Kier molecular flexibility index (Phi) is 3.64. The topological polar surface area (TPSA) is 32.9 Å². The Morgan fingerprint density at radius 2 is 2.14 bits per heavy atom. The van der Waals surface area contributed by atoms with Crippen LogP contribution in [-0.2, 0) is 6.42 Å². The number of nitrogens with one attached hydrogen (secondary N) is 1. The summed E-state index contributed by atoms with van der Waals surface area (Å²) in [6, 6.07) is 6.28. The molecule has 1 N–H and O–H groups in total. The highest BCUT2D eigenvalue weighted by Crippen LogP contribution is 2.42. The normalized spacial score (nSPS) is 21.6. The summed E-state index contributed by atoms with van der Waals surface area (Å²) in [6.45, 7) is 6.66. The first-order chi connectivity index (χ1) is 10.0. The number of fused-ring (bicyclic) bond motifs is 1. The molecule has 1 heterocycles. The average molecular weight is 283 g/mol. The Balaban J connectivity index is 2.02. The lowest BCUT2D eigenvalue weighted by Gasteiger charge is -2.37. The molecule has 0 amide bonds. The number of carbonyl (C=O) groups excluding carboxylic acids is 1. The van der Waals surface area contributed by atoms with Gasteiger partial charge in [-0.25, -0.2) is 0 Å². The summed E-state index contributed by atoms with van der Waals surface area (Å²) in [7, 11) is 0. The number of aromatic amines is 1. The molecule has 0 radical (unpaired) electrons. The van der Waals surface area contributed by atoms with E-state index in [2.05, 4.69) is 44.0 Å². The highest BCUT2D eigenvalue weighted by molar-refractivity contribution is 6.09. The van der Waals surface area contributed by atoms with Crippen LogP contribution in [-0.4, -0.2) is 10.8 Å². The molecule has 1 unspecified atom stereocenters. The second kappa shape index (κ2) is 5.32. The molecular weight excluding hydrogens is 258 g/mol. The third-order valence-corrected chi connectivity index (χ3v) is 5.27. The zero-order valence-electron chi connectivity index (χ0n) is 13.3. The summed E-state index contributed by atoms with van der Waals surface area (Å²) < 4.78 is 0. The van der Waals surface area contributed by atoms with Crippen LogP contribution < -0.4 is 0 Å². The largest absolute Gasteiger partial charge is 0.360 e. The first kappa shape index (κ1) is 14.4. The van der Waals surface area contributed by atoms with E-state index in [9.17, 15) is 4.79 Å². The molecule has 1 aromatic heterocycles. The Morgan fingerprint density at radius 3 is 2.86 bits per heavy atom. The molecule has 1 atom stereocenters. The molecule has 0 spiro atoms. The molecule has 1 fully saturated rings. The summed E-state index contributed by atoms with van der Waals surface area (Å²) in [5.41, 5.74) is 3.44. The van der Waals surface area contributed by atoms with Gasteiger partial charge in [0.05, 0.1) is 0 Å². The Labute approximate surface area is 126 Å². The van der Waals surface area contributed by atoms with Crippen LogP contribution in [0.25, 0.3) is 10.9 Å². The Morgan fingerprint density at radius 1 is 1.33 bits per heavy atom. The van der Waals surface area contributed by atoms with Crippen molar-refractivity contribution in [1.82, 2.24) is 4.98 Å². The summed E-state index contributed by atoms with van der Waals surface area (Å²) in [5.74, 6) is 0.495. The van der Waals surface area contributed by atoms with Crippen LogP contribution in [0.4, 0.5) is 0 Å². The van der Waals surface area contributed by atoms with Crippen LogP contribution in [0.5, 0.6) is 0 Å². The number of carbonyl (C=O) groups is 1. The third kappa shape index (κ3) is 2.41. The maximum atomic E-state index is 13.1. The van der Waals surface area contributed by atoms with Crippen molar-refractivity contribution in [1.29, 1.82) is 0 Å². The molecule has 0 saturated heterocycles. The van der Waals surface area contributed by atoms with Gasteiger partial charge in [0.1, 0.15) is 0 Å². The first-order valence-corrected chi connectivity index (χ1v) is 8.18. The van der Waals surface area contributed by atoms with E-state index in [1.807, 2.05) is 6.20 Å². The van der Waals surface area contributed by atoms with Gasteiger partial charge in [-0.05, 0) is 30.2 Å². The molecule has 0 bridgehead atoms. The third-order valence-electron chi connectivity index (χ3n) is 5.27. The van der Waals surface area contributed by atoms with Gasteiger partial charge >= 0.3 is 0 Å². The van der Waals surface area contributed by atoms with E-state index in [1.54, 1.807) is 0 Å². The van der Waals surface area contributed by atoms with E-state index >= 15 is 0 Å².